The highest BCUT2D eigenvalue weighted by molar-refractivity contribution is 5.73. The molecule has 2 heterocycles. The van der Waals surface area contributed by atoms with Crippen molar-refractivity contribution in [1.29, 1.82) is 0 Å². The first kappa shape index (κ1) is 27.5. The number of allylic oxidation sites excluding steroid dienone is 2. The Kier molecular flexibility index (Phi) is 7.23. The zero-order valence-electron chi connectivity index (χ0n) is 25.0. The van der Waals surface area contributed by atoms with Crippen molar-refractivity contribution in [2.45, 2.75) is 51.4 Å². The minimum Gasteiger partial charge on any atom is -0.348 e. The Morgan fingerprint density at radius 3 is 1.73 bits per heavy atom. The van der Waals surface area contributed by atoms with E-state index in [4.69, 9.17) is 0 Å². The molecule has 0 fully saturated rings. The molecule has 0 amide bonds. The van der Waals surface area contributed by atoms with Gasteiger partial charge in [-0.3, -0.25) is 0 Å². The number of hydrogen-bond acceptors (Lipinski definition) is 2. The van der Waals surface area contributed by atoms with Crippen LogP contribution in [0.15, 0.2) is 122 Å². The zero-order valence-corrected chi connectivity index (χ0v) is 25.0. The van der Waals surface area contributed by atoms with Crippen LogP contribution in [0.5, 0.6) is 0 Å². The first-order valence-corrected chi connectivity index (χ1v) is 14.2. The first-order chi connectivity index (χ1) is 19.0. The van der Waals surface area contributed by atoms with Crippen molar-refractivity contribution in [3.63, 3.8) is 0 Å². The Morgan fingerprint density at radius 2 is 1.10 bits per heavy atom. The number of anilines is 2. The van der Waals surface area contributed by atoms with E-state index in [2.05, 4.69) is 162 Å². The highest BCUT2D eigenvalue weighted by Crippen LogP contribution is 2.48. The summed E-state index contributed by atoms with van der Waals surface area (Å²) in [5.74, 6) is 0. The quantitative estimate of drug-likeness (QED) is 0.262. The molecule has 0 radical (unpaired) electrons. The molecule has 0 bridgehead atoms. The second-order valence-electron chi connectivity index (χ2n) is 12.3. The average molecular weight is 527 g/mol. The van der Waals surface area contributed by atoms with Crippen molar-refractivity contribution in [2.75, 3.05) is 23.9 Å². The predicted molar refractivity (Wildman–Crippen MR) is 173 cm³/mol. The van der Waals surface area contributed by atoms with Gasteiger partial charge in [0, 0.05) is 47.7 Å². The summed E-state index contributed by atoms with van der Waals surface area (Å²) in [4.78, 5) is 4.48. The van der Waals surface area contributed by atoms with Gasteiger partial charge in [-0.15, -0.1) is 0 Å². The normalized spacial score (nSPS) is 16.4. The minimum absolute atomic E-state index is 0.0246. The molecule has 0 atom stereocenters. The summed E-state index contributed by atoms with van der Waals surface area (Å²) in [5, 5.41) is 0. The summed E-state index contributed by atoms with van der Waals surface area (Å²) >= 11 is 0. The van der Waals surface area contributed by atoms with Crippen LogP contribution in [0, 0.1) is 0 Å². The molecule has 4 aromatic carbocycles. The number of rotatable bonds is 4. The van der Waals surface area contributed by atoms with Crippen LogP contribution in [0.4, 0.5) is 11.4 Å². The van der Waals surface area contributed by atoms with Gasteiger partial charge in [0.2, 0.25) is 0 Å². The number of likely N-dealkylation sites (N-methyl/N-ethyl adjacent to an activating group) is 2. The van der Waals surface area contributed by atoms with Gasteiger partial charge in [-0.2, -0.15) is 0 Å². The fourth-order valence-corrected chi connectivity index (χ4v) is 6.20. The van der Waals surface area contributed by atoms with Crippen LogP contribution in [0.3, 0.4) is 0 Å². The van der Waals surface area contributed by atoms with Crippen LogP contribution >= 0.6 is 0 Å². The van der Waals surface area contributed by atoms with E-state index in [1.165, 1.54) is 56.1 Å². The number of para-hydroxylation sites is 1. The number of benzene rings is 4. The van der Waals surface area contributed by atoms with Gasteiger partial charge in [-0.1, -0.05) is 132 Å². The molecule has 0 unspecified atom stereocenters. The zero-order chi connectivity index (χ0) is 28.7. The second-order valence-corrected chi connectivity index (χ2v) is 12.3. The summed E-state index contributed by atoms with van der Waals surface area (Å²) < 4.78 is 0. The number of fused-ring (bicyclic) bond motifs is 2. The van der Waals surface area contributed by atoms with E-state index in [1.807, 2.05) is 0 Å². The van der Waals surface area contributed by atoms with Crippen LogP contribution in [-0.4, -0.2) is 14.1 Å². The molecule has 2 aliphatic rings. The van der Waals surface area contributed by atoms with Crippen LogP contribution in [-0.2, 0) is 23.7 Å². The summed E-state index contributed by atoms with van der Waals surface area (Å²) in [6, 6.07) is 34.7. The lowest BCUT2D eigenvalue weighted by Crippen LogP contribution is -2.21. The average Bonchev–Trinajstić information content (AvgIpc) is 3.24. The Bertz CT molecular complexity index is 1540. The molecule has 0 saturated carbocycles. The van der Waals surface area contributed by atoms with Crippen molar-refractivity contribution >= 4 is 11.4 Å². The molecule has 0 aromatic heterocycles. The maximum atomic E-state index is 4.28. The Hall–Kier alpha value is -4.04. The van der Waals surface area contributed by atoms with Gasteiger partial charge in [0.05, 0.1) is 0 Å². The van der Waals surface area contributed by atoms with E-state index < -0.39 is 0 Å². The molecule has 0 spiro atoms. The molecular weight excluding hydrogens is 484 g/mol. The molecule has 40 heavy (non-hydrogen) atoms. The van der Waals surface area contributed by atoms with Gasteiger partial charge in [0.15, 0.2) is 0 Å². The Labute approximate surface area is 241 Å². The van der Waals surface area contributed by atoms with Crippen molar-refractivity contribution in [2.24, 2.45) is 0 Å². The molecule has 2 heteroatoms. The maximum Gasteiger partial charge on any atom is 0.0483 e. The smallest absolute Gasteiger partial charge is 0.0483 e. The molecule has 2 nitrogen and oxygen atoms in total. The monoisotopic (exact) mass is 526 g/mol. The fraction of sp³-hybridized carbons (Fsp3) is 0.263. The van der Waals surface area contributed by atoms with Crippen LogP contribution in [0.1, 0.15) is 61.1 Å². The third kappa shape index (κ3) is 4.88. The van der Waals surface area contributed by atoms with Crippen LogP contribution in [0.25, 0.3) is 0 Å². The van der Waals surface area contributed by atoms with Crippen molar-refractivity contribution in [3.8, 4) is 0 Å². The Morgan fingerprint density at radius 1 is 0.550 bits per heavy atom. The standard InChI is InChI=1S/2C19H21N/c1-14-19(2,3)17-12-8-11-16(18(17)20(14)4)13-15-9-6-5-7-10-15;1-14-19(2,3)17-11-10-16(13-18(17)20(14)4)12-15-8-6-5-7-9-15/h5-12H,1,13H2,2-4H3;5-11,13H,1,12H2,2-4H3. The molecule has 204 valence electrons. The largest absolute Gasteiger partial charge is 0.348 e. The predicted octanol–water partition coefficient (Wildman–Crippen LogP) is 9.04. The third-order valence-electron chi connectivity index (χ3n) is 8.97. The van der Waals surface area contributed by atoms with Crippen molar-refractivity contribution < 1.29 is 0 Å². The maximum absolute atomic E-state index is 4.28. The summed E-state index contributed by atoms with van der Waals surface area (Å²) in [7, 11) is 4.24. The van der Waals surface area contributed by atoms with Crippen molar-refractivity contribution in [3.05, 3.63) is 155 Å². The molecular formula is C38H42N2. The van der Waals surface area contributed by atoms with E-state index in [1.54, 1.807) is 0 Å². The number of hydrogen-bond donors (Lipinski definition) is 0. The highest BCUT2D eigenvalue weighted by Gasteiger charge is 2.38. The molecule has 6 rings (SSSR count). The minimum atomic E-state index is 0.0246. The molecule has 4 aromatic rings. The van der Waals surface area contributed by atoms with Gasteiger partial charge >= 0.3 is 0 Å². The van der Waals surface area contributed by atoms with E-state index in [0.29, 0.717) is 0 Å². The van der Waals surface area contributed by atoms with E-state index >= 15 is 0 Å². The second kappa shape index (κ2) is 10.5. The lowest BCUT2D eigenvalue weighted by molar-refractivity contribution is 0.643. The van der Waals surface area contributed by atoms with Gasteiger partial charge in [0.1, 0.15) is 0 Å². The van der Waals surface area contributed by atoms with E-state index in [0.717, 1.165) is 12.8 Å². The van der Waals surface area contributed by atoms with Gasteiger partial charge < -0.3 is 9.80 Å². The first-order valence-electron chi connectivity index (χ1n) is 14.2. The summed E-state index contributed by atoms with van der Waals surface area (Å²) in [6.45, 7) is 17.5. The highest BCUT2D eigenvalue weighted by atomic mass is 15.2. The topological polar surface area (TPSA) is 6.48 Å². The van der Waals surface area contributed by atoms with Gasteiger partial charge in [0.25, 0.3) is 0 Å². The third-order valence-corrected chi connectivity index (χ3v) is 8.97. The van der Waals surface area contributed by atoms with Gasteiger partial charge in [-0.25, -0.2) is 0 Å². The number of nitrogens with zero attached hydrogens (tertiary/aromatic N) is 2. The van der Waals surface area contributed by atoms with E-state index in [-0.39, 0.29) is 10.8 Å². The fourth-order valence-electron chi connectivity index (χ4n) is 6.20. The summed E-state index contributed by atoms with van der Waals surface area (Å²) in [6.07, 6.45) is 1.95. The molecule has 0 aliphatic carbocycles. The van der Waals surface area contributed by atoms with Crippen LogP contribution in [0.2, 0.25) is 0 Å². The Balaban J connectivity index is 0.000000161. The van der Waals surface area contributed by atoms with Crippen molar-refractivity contribution in [1.82, 2.24) is 0 Å². The molecule has 2 aliphatic heterocycles. The van der Waals surface area contributed by atoms with Crippen LogP contribution < -0.4 is 9.80 Å². The summed E-state index contributed by atoms with van der Waals surface area (Å²) in [5.41, 5.74) is 13.2. The molecule has 0 N–H and O–H groups in total. The molecule has 0 saturated heterocycles. The van der Waals surface area contributed by atoms with Gasteiger partial charge in [-0.05, 0) is 52.3 Å². The van der Waals surface area contributed by atoms with E-state index in [9.17, 15) is 0 Å². The SMILES string of the molecule is C=C1N(C)c2c(Cc3ccccc3)cccc2C1(C)C.C=C1N(C)c2cc(Cc3ccccc3)ccc2C1(C)C. The lowest BCUT2D eigenvalue weighted by atomic mass is 9.83. The lowest BCUT2D eigenvalue weighted by Gasteiger charge is -2.22.